The number of nitrogens with one attached hydrogen (secondary N) is 1. The highest BCUT2D eigenvalue weighted by atomic mass is 19.4. The first-order chi connectivity index (χ1) is 11.3. The summed E-state index contributed by atoms with van der Waals surface area (Å²) in [5, 5.41) is 14.5. The summed E-state index contributed by atoms with van der Waals surface area (Å²) >= 11 is 0. The third kappa shape index (κ3) is 4.53. The van der Waals surface area contributed by atoms with Crippen molar-refractivity contribution in [2.45, 2.75) is 19.7 Å². The Balaban J connectivity index is 1.95. The van der Waals surface area contributed by atoms with Crippen LogP contribution in [0.25, 0.3) is 0 Å². The Hall–Kier alpha value is -2.93. The molecule has 0 bridgehead atoms. The van der Waals surface area contributed by atoms with Gasteiger partial charge in [0.2, 0.25) is 5.91 Å². The van der Waals surface area contributed by atoms with Gasteiger partial charge in [0.1, 0.15) is 13.2 Å². The van der Waals surface area contributed by atoms with E-state index >= 15 is 0 Å². The average molecular weight is 340 g/mol. The number of amides is 1. The molecular weight excluding hydrogens is 329 g/mol. The molecule has 0 aliphatic carbocycles. The lowest BCUT2D eigenvalue weighted by Gasteiger charge is -2.11. The maximum Gasteiger partial charge on any atom is 0.417 e. The molecule has 0 fully saturated rings. The van der Waals surface area contributed by atoms with Crippen molar-refractivity contribution in [3.05, 3.63) is 41.0 Å². The van der Waals surface area contributed by atoms with Crippen molar-refractivity contribution >= 4 is 11.6 Å². The molecule has 126 valence electrons. The molecule has 0 aliphatic rings. The predicted octanol–water partition coefficient (Wildman–Crippen LogP) is 2.42. The van der Waals surface area contributed by atoms with E-state index in [-0.39, 0.29) is 18.2 Å². The Morgan fingerprint density at radius 3 is 2.79 bits per heavy atom. The van der Waals surface area contributed by atoms with Crippen molar-refractivity contribution in [2.75, 3.05) is 11.9 Å². The van der Waals surface area contributed by atoms with Crippen molar-refractivity contribution in [1.82, 2.24) is 10.1 Å². The minimum Gasteiger partial charge on any atom is -0.362 e. The summed E-state index contributed by atoms with van der Waals surface area (Å²) in [4.78, 5) is 15.5. The van der Waals surface area contributed by atoms with Crippen molar-refractivity contribution in [3.63, 3.8) is 0 Å². The number of hydrogen-bond donors (Lipinski definition) is 1. The van der Waals surface area contributed by atoms with E-state index in [2.05, 4.69) is 15.5 Å². The Labute approximate surface area is 134 Å². The van der Waals surface area contributed by atoms with Crippen molar-refractivity contribution in [3.8, 4) is 6.07 Å². The number of halogens is 3. The lowest BCUT2D eigenvalue weighted by molar-refractivity contribution is -0.137. The number of alkyl halides is 3. The molecule has 2 aromatic rings. The van der Waals surface area contributed by atoms with Gasteiger partial charge in [0.15, 0.2) is 5.82 Å². The lowest BCUT2D eigenvalue weighted by Crippen LogP contribution is -2.19. The maximum atomic E-state index is 12.8. The minimum atomic E-state index is -4.70. The number of nitriles is 1. The van der Waals surface area contributed by atoms with Gasteiger partial charge in [0, 0.05) is 5.69 Å². The molecule has 24 heavy (non-hydrogen) atoms. The van der Waals surface area contributed by atoms with Crippen LogP contribution >= 0.6 is 0 Å². The van der Waals surface area contributed by atoms with Crippen molar-refractivity contribution in [1.29, 1.82) is 5.26 Å². The molecule has 2 rings (SSSR count). The van der Waals surface area contributed by atoms with Crippen LogP contribution in [0.2, 0.25) is 0 Å². The Morgan fingerprint density at radius 2 is 2.21 bits per heavy atom. The number of anilines is 1. The number of ether oxygens (including phenoxy) is 1. The third-order valence-corrected chi connectivity index (χ3v) is 2.76. The molecule has 0 saturated carbocycles. The van der Waals surface area contributed by atoms with Crippen LogP contribution in [0.1, 0.15) is 22.8 Å². The van der Waals surface area contributed by atoms with Gasteiger partial charge in [-0.25, -0.2) is 0 Å². The van der Waals surface area contributed by atoms with Crippen LogP contribution in [0, 0.1) is 18.3 Å². The quantitative estimate of drug-likeness (QED) is 0.897. The Kier molecular flexibility index (Phi) is 5.15. The number of carbonyl (C=O) groups excluding carboxylic acids is 1. The first-order valence-corrected chi connectivity index (χ1v) is 6.57. The normalized spacial score (nSPS) is 11.1. The number of nitrogens with zero attached hydrogens (tertiary/aromatic N) is 3. The topological polar surface area (TPSA) is 101 Å². The summed E-state index contributed by atoms with van der Waals surface area (Å²) in [6.45, 7) is 1.10. The first-order valence-electron chi connectivity index (χ1n) is 6.57. The van der Waals surface area contributed by atoms with Crippen LogP contribution in [0.4, 0.5) is 18.9 Å². The molecule has 7 nitrogen and oxygen atoms in total. The molecule has 1 aromatic carbocycles. The van der Waals surface area contributed by atoms with Gasteiger partial charge in [0.05, 0.1) is 17.2 Å². The molecule has 1 aromatic heterocycles. The number of hydrogen-bond acceptors (Lipinski definition) is 6. The van der Waals surface area contributed by atoms with Gasteiger partial charge < -0.3 is 14.6 Å². The maximum absolute atomic E-state index is 12.8. The SMILES string of the molecule is Cc1noc(COCC(=O)Nc2ccc(C#N)c(C(F)(F)F)c2)n1. The first kappa shape index (κ1) is 17.4. The molecule has 10 heteroatoms. The van der Waals surface area contributed by atoms with E-state index in [4.69, 9.17) is 14.5 Å². The highest BCUT2D eigenvalue weighted by molar-refractivity contribution is 5.91. The molecule has 1 heterocycles. The molecule has 1 amide bonds. The second kappa shape index (κ2) is 7.10. The van der Waals surface area contributed by atoms with Crippen LogP contribution in [-0.2, 0) is 22.3 Å². The Bertz CT molecular complexity index is 780. The van der Waals surface area contributed by atoms with E-state index in [0.29, 0.717) is 11.9 Å². The largest absolute Gasteiger partial charge is 0.417 e. The van der Waals surface area contributed by atoms with E-state index in [1.54, 1.807) is 6.92 Å². The second-order valence-corrected chi connectivity index (χ2v) is 4.65. The summed E-state index contributed by atoms with van der Waals surface area (Å²) in [6, 6.07) is 4.34. The number of benzene rings is 1. The fraction of sp³-hybridized carbons (Fsp3) is 0.286. The number of rotatable bonds is 5. The summed E-state index contributed by atoms with van der Waals surface area (Å²) in [5.41, 5.74) is -1.74. The summed E-state index contributed by atoms with van der Waals surface area (Å²) in [5.74, 6) is -0.0718. The van der Waals surface area contributed by atoms with Crippen LogP contribution in [-0.4, -0.2) is 22.7 Å². The van der Waals surface area contributed by atoms with Gasteiger partial charge in [-0.15, -0.1) is 0 Å². The van der Waals surface area contributed by atoms with Crippen molar-refractivity contribution in [2.24, 2.45) is 0 Å². The summed E-state index contributed by atoms with van der Waals surface area (Å²) in [6.07, 6.45) is -4.70. The zero-order valence-electron chi connectivity index (χ0n) is 12.3. The zero-order valence-corrected chi connectivity index (χ0v) is 12.3. The monoisotopic (exact) mass is 340 g/mol. The van der Waals surface area contributed by atoms with Crippen molar-refractivity contribution < 1.29 is 27.2 Å². The summed E-state index contributed by atoms with van der Waals surface area (Å²) < 4.78 is 48.3. The predicted molar refractivity (Wildman–Crippen MR) is 73.5 cm³/mol. The molecule has 0 aliphatic heterocycles. The van der Waals surface area contributed by atoms with E-state index < -0.39 is 29.8 Å². The molecule has 1 N–H and O–H groups in total. The second-order valence-electron chi connectivity index (χ2n) is 4.65. The smallest absolute Gasteiger partial charge is 0.362 e. The van der Waals surface area contributed by atoms with Gasteiger partial charge in [-0.05, 0) is 25.1 Å². The molecule has 0 atom stereocenters. The fourth-order valence-corrected chi connectivity index (χ4v) is 1.78. The fourth-order valence-electron chi connectivity index (χ4n) is 1.78. The van der Waals surface area contributed by atoms with Crippen LogP contribution in [0.3, 0.4) is 0 Å². The van der Waals surface area contributed by atoms with Gasteiger partial charge in [-0.2, -0.15) is 23.4 Å². The van der Waals surface area contributed by atoms with E-state index in [1.165, 1.54) is 12.1 Å². The highest BCUT2D eigenvalue weighted by Gasteiger charge is 2.33. The average Bonchev–Trinajstić information content (AvgIpc) is 2.92. The number of aryl methyl sites for hydroxylation is 1. The minimum absolute atomic E-state index is 0.0939. The molecule has 0 unspecified atom stereocenters. The highest BCUT2D eigenvalue weighted by Crippen LogP contribution is 2.33. The third-order valence-electron chi connectivity index (χ3n) is 2.76. The molecule has 0 spiro atoms. The Morgan fingerprint density at radius 1 is 1.46 bits per heavy atom. The lowest BCUT2D eigenvalue weighted by atomic mass is 10.1. The van der Waals surface area contributed by atoms with Crippen LogP contribution in [0.15, 0.2) is 22.7 Å². The number of aromatic nitrogens is 2. The van der Waals surface area contributed by atoms with Gasteiger partial charge in [-0.1, -0.05) is 5.16 Å². The molecular formula is C14H11F3N4O3. The molecule has 0 radical (unpaired) electrons. The van der Waals surface area contributed by atoms with Crippen LogP contribution in [0.5, 0.6) is 0 Å². The summed E-state index contributed by atoms with van der Waals surface area (Å²) in [7, 11) is 0. The molecule has 0 saturated heterocycles. The number of carbonyl (C=O) groups is 1. The van der Waals surface area contributed by atoms with Gasteiger partial charge >= 0.3 is 6.18 Å². The van der Waals surface area contributed by atoms with Crippen LogP contribution < -0.4 is 5.32 Å². The van der Waals surface area contributed by atoms with Gasteiger partial charge in [-0.3, -0.25) is 4.79 Å². The zero-order chi connectivity index (χ0) is 17.7. The van der Waals surface area contributed by atoms with E-state index in [1.807, 2.05) is 0 Å². The standard InChI is InChI=1S/C14H11F3N4O3/c1-8-19-13(24-21-8)7-23-6-12(22)20-10-3-2-9(5-18)11(4-10)14(15,16)17/h2-4H,6-7H2,1H3,(H,20,22). The van der Waals surface area contributed by atoms with E-state index in [0.717, 1.165) is 6.07 Å². The van der Waals surface area contributed by atoms with E-state index in [9.17, 15) is 18.0 Å². The van der Waals surface area contributed by atoms with Gasteiger partial charge in [0.25, 0.3) is 5.89 Å².